The van der Waals surface area contributed by atoms with Gasteiger partial charge in [0.25, 0.3) is 0 Å². The highest BCUT2D eigenvalue weighted by Crippen LogP contribution is 2.47. The minimum atomic E-state index is -0.234. The lowest BCUT2D eigenvalue weighted by atomic mass is 10.1. The predicted octanol–water partition coefficient (Wildman–Crippen LogP) is 2.80. The Morgan fingerprint density at radius 1 is 1.45 bits per heavy atom. The molecule has 0 radical (unpaired) electrons. The molecule has 3 atom stereocenters. The van der Waals surface area contributed by atoms with Crippen LogP contribution in [-0.4, -0.2) is 17.5 Å². The normalized spacial score (nSPS) is 23.4. The largest absolute Gasteiger partial charge is 0.464 e. The number of hydrogen-bond donors (Lipinski definition) is 2. The molecule has 1 saturated carbocycles. The average molecular weight is 278 g/mol. The maximum Gasteiger partial charge on any atom is 0.237 e. The summed E-state index contributed by atoms with van der Waals surface area (Å²) in [7, 11) is 0. The molecular formula is C16H26N2O2. The first-order chi connectivity index (χ1) is 9.26. The number of carbonyl (C=O) groups is 1. The van der Waals surface area contributed by atoms with Crippen LogP contribution >= 0.6 is 0 Å². The number of rotatable bonds is 5. The summed E-state index contributed by atoms with van der Waals surface area (Å²) in [4.78, 5) is 11.9. The topological polar surface area (TPSA) is 54.3 Å². The van der Waals surface area contributed by atoms with Crippen LogP contribution < -0.4 is 10.6 Å². The Hall–Kier alpha value is -1.29. The van der Waals surface area contributed by atoms with E-state index in [0.717, 1.165) is 17.4 Å². The van der Waals surface area contributed by atoms with Crippen molar-refractivity contribution in [1.29, 1.82) is 0 Å². The summed E-state index contributed by atoms with van der Waals surface area (Å²) in [5.41, 5.74) is -0.201. The summed E-state index contributed by atoms with van der Waals surface area (Å²) in [5.74, 6) is 3.35. The molecule has 1 aromatic heterocycles. The van der Waals surface area contributed by atoms with Gasteiger partial charge in [0.05, 0.1) is 12.6 Å². The van der Waals surface area contributed by atoms with Gasteiger partial charge in [-0.2, -0.15) is 0 Å². The van der Waals surface area contributed by atoms with Crippen molar-refractivity contribution in [3.05, 3.63) is 23.7 Å². The van der Waals surface area contributed by atoms with Crippen LogP contribution in [0.3, 0.4) is 0 Å². The van der Waals surface area contributed by atoms with Gasteiger partial charge in [-0.25, -0.2) is 0 Å². The van der Waals surface area contributed by atoms with Crippen molar-refractivity contribution >= 4 is 5.91 Å². The van der Waals surface area contributed by atoms with Crippen molar-refractivity contribution in [3.8, 4) is 0 Å². The Kier molecular flexibility index (Phi) is 4.23. The Labute approximate surface area is 121 Å². The minimum Gasteiger partial charge on any atom is -0.464 e. The first-order valence-electron chi connectivity index (χ1n) is 7.40. The van der Waals surface area contributed by atoms with Crippen LogP contribution in [0.4, 0.5) is 0 Å². The molecule has 0 spiro atoms. The van der Waals surface area contributed by atoms with Gasteiger partial charge in [0, 0.05) is 11.5 Å². The van der Waals surface area contributed by atoms with E-state index in [-0.39, 0.29) is 17.5 Å². The Morgan fingerprint density at radius 2 is 2.10 bits per heavy atom. The molecule has 0 bridgehead atoms. The van der Waals surface area contributed by atoms with E-state index in [4.69, 9.17) is 4.42 Å². The average Bonchev–Trinajstić information content (AvgIpc) is 2.88. The SMILES string of the molecule is CC(NCc1ccc(C2CC2C)o1)C(=O)NC(C)(C)C. The predicted molar refractivity (Wildman–Crippen MR) is 79.4 cm³/mol. The van der Waals surface area contributed by atoms with E-state index in [0.29, 0.717) is 12.5 Å². The molecule has 0 aromatic carbocycles. The van der Waals surface area contributed by atoms with Crippen LogP contribution in [-0.2, 0) is 11.3 Å². The Bertz CT molecular complexity index is 473. The molecule has 4 heteroatoms. The molecule has 1 aromatic rings. The Morgan fingerprint density at radius 3 is 2.65 bits per heavy atom. The van der Waals surface area contributed by atoms with E-state index in [2.05, 4.69) is 23.6 Å². The standard InChI is InChI=1S/C16H26N2O2/c1-10-8-13(10)14-7-6-12(20-14)9-17-11(2)15(19)18-16(3,4)5/h6-7,10-11,13,17H,8-9H2,1-5H3,(H,18,19). The third kappa shape index (κ3) is 4.10. The van der Waals surface area contributed by atoms with E-state index in [9.17, 15) is 4.79 Å². The summed E-state index contributed by atoms with van der Waals surface area (Å²) >= 11 is 0. The zero-order valence-corrected chi connectivity index (χ0v) is 13.1. The third-order valence-electron chi connectivity index (χ3n) is 3.63. The van der Waals surface area contributed by atoms with E-state index in [1.54, 1.807) is 0 Å². The second kappa shape index (κ2) is 5.60. The fourth-order valence-electron chi connectivity index (χ4n) is 2.23. The second-order valence-corrected chi connectivity index (χ2v) is 6.97. The molecule has 20 heavy (non-hydrogen) atoms. The molecule has 1 aliphatic rings. The highest BCUT2D eigenvalue weighted by molar-refractivity contribution is 5.81. The lowest BCUT2D eigenvalue weighted by Crippen LogP contribution is -2.49. The van der Waals surface area contributed by atoms with Gasteiger partial charge in [-0.05, 0) is 52.2 Å². The van der Waals surface area contributed by atoms with Crippen LogP contribution in [0.5, 0.6) is 0 Å². The van der Waals surface area contributed by atoms with Crippen molar-refractivity contribution in [2.45, 2.75) is 65.1 Å². The molecule has 0 aliphatic heterocycles. The minimum absolute atomic E-state index is 0.0140. The highest BCUT2D eigenvalue weighted by atomic mass is 16.3. The van der Waals surface area contributed by atoms with Crippen molar-refractivity contribution in [2.24, 2.45) is 5.92 Å². The lowest BCUT2D eigenvalue weighted by molar-refractivity contribution is -0.124. The van der Waals surface area contributed by atoms with Crippen molar-refractivity contribution < 1.29 is 9.21 Å². The quantitative estimate of drug-likeness (QED) is 0.871. The first-order valence-corrected chi connectivity index (χ1v) is 7.40. The number of nitrogens with one attached hydrogen (secondary N) is 2. The third-order valence-corrected chi connectivity index (χ3v) is 3.63. The maximum absolute atomic E-state index is 11.9. The van der Waals surface area contributed by atoms with Crippen molar-refractivity contribution in [1.82, 2.24) is 10.6 Å². The van der Waals surface area contributed by atoms with Crippen LogP contribution in [0.15, 0.2) is 16.5 Å². The molecule has 1 fully saturated rings. The first kappa shape index (κ1) is 15.1. The van der Waals surface area contributed by atoms with Crippen LogP contribution in [0, 0.1) is 5.92 Å². The molecule has 1 heterocycles. The van der Waals surface area contributed by atoms with Gasteiger partial charge in [0.1, 0.15) is 11.5 Å². The van der Waals surface area contributed by atoms with Gasteiger partial charge >= 0.3 is 0 Å². The van der Waals surface area contributed by atoms with Gasteiger partial charge in [-0.3, -0.25) is 10.1 Å². The zero-order chi connectivity index (χ0) is 14.9. The monoisotopic (exact) mass is 278 g/mol. The van der Waals surface area contributed by atoms with Gasteiger partial charge in [0.15, 0.2) is 0 Å². The summed E-state index contributed by atoms with van der Waals surface area (Å²) in [6, 6.07) is 3.83. The number of furan rings is 1. The molecule has 1 amide bonds. The van der Waals surface area contributed by atoms with E-state index >= 15 is 0 Å². The van der Waals surface area contributed by atoms with Gasteiger partial charge in [0.2, 0.25) is 5.91 Å². The summed E-state index contributed by atoms with van der Waals surface area (Å²) in [5, 5.41) is 6.16. The molecule has 2 rings (SSSR count). The van der Waals surface area contributed by atoms with Crippen molar-refractivity contribution in [3.63, 3.8) is 0 Å². The highest BCUT2D eigenvalue weighted by Gasteiger charge is 2.36. The second-order valence-electron chi connectivity index (χ2n) is 6.97. The number of hydrogen-bond acceptors (Lipinski definition) is 3. The Balaban J connectivity index is 1.79. The van der Waals surface area contributed by atoms with Crippen LogP contribution in [0.1, 0.15) is 58.5 Å². The number of amides is 1. The molecule has 0 saturated heterocycles. The molecule has 1 aliphatic carbocycles. The van der Waals surface area contributed by atoms with Gasteiger partial charge in [-0.15, -0.1) is 0 Å². The maximum atomic E-state index is 11.9. The van der Waals surface area contributed by atoms with Crippen molar-refractivity contribution in [2.75, 3.05) is 0 Å². The fourth-order valence-corrected chi connectivity index (χ4v) is 2.23. The van der Waals surface area contributed by atoms with E-state index in [1.807, 2.05) is 33.8 Å². The molecular weight excluding hydrogens is 252 g/mol. The van der Waals surface area contributed by atoms with E-state index in [1.165, 1.54) is 6.42 Å². The van der Waals surface area contributed by atoms with Gasteiger partial charge in [-0.1, -0.05) is 6.92 Å². The molecule has 112 valence electrons. The zero-order valence-electron chi connectivity index (χ0n) is 13.1. The molecule has 4 nitrogen and oxygen atoms in total. The molecule has 3 unspecified atom stereocenters. The summed E-state index contributed by atoms with van der Waals surface area (Å²) in [6.07, 6.45) is 1.23. The number of carbonyl (C=O) groups excluding carboxylic acids is 1. The van der Waals surface area contributed by atoms with Gasteiger partial charge < -0.3 is 9.73 Å². The van der Waals surface area contributed by atoms with Crippen LogP contribution in [0.25, 0.3) is 0 Å². The smallest absolute Gasteiger partial charge is 0.237 e. The van der Waals surface area contributed by atoms with Crippen LogP contribution in [0.2, 0.25) is 0 Å². The summed E-state index contributed by atoms with van der Waals surface area (Å²) < 4.78 is 5.81. The molecule has 2 N–H and O–H groups in total. The lowest BCUT2D eigenvalue weighted by Gasteiger charge is -2.23. The summed E-state index contributed by atoms with van der Waals surface area (Å²) in [6.45, 7) is 10.6. The fraction of sp³-hybridized carbons (Fsp3) is 0.688. The van der Waals surface area contributed by atoms with E-state index < -0.39 is 0 Å².